The third-order valence-corrected chi connectivity index (χ3v) is 9.62. The molecule has 1 unspecified atom stereocenters. The molecule has 0 N–H and O–H groups in total. The van der Waals surface area contributed by atoms with Gasteiger partial charge in [-0.15, -0.1) is 0 Å². The number of halogens is 3. The highest BCUT2D eigenvalue weighted by Gasteiger charge is 2.45. The molecule has 1 atom stereocenters. The quantitative estimate of drug-likeness (QED) is 0.161. The van der Waals surface area contributed by atoms with Crippen LogP contribution < -0.4 is 9.47 Å². The molecule has 0 saturated heterocycles. The van der Waals surface area contributed by atoms with Gasteiger partial charge in [0.25, 0.3) is 0 Å². The minimum Gasteiger partial charge on any atom is -0.494 e. The minimum atomic E-state index is -4.42. The van der Waals surface area contributed by atoms with Crippen LogP contribution in [0.3, 0.4) is 0 Å². The van der Waals surface area contributed by atoms with Crippen molar-refractivity contribution >= 4 is 16.8 Å². The summed E-state index contributed by atoms with van der Waals surface area (Å²) in [5.74, 6) is 1.55. The van der Waals surface area contributed by atoms with Gasteiger partial charge in [0.1, 0.15) is 11.5 Å². The summed E-state index contributed by atoms with van der Waals surface area (Å²) >= 11 is 0. The van der Waals surface area contributed by atoms with Crippen molar-refractivity contribution in [2.24, 2.45) is 0 Å². The van der Waals surface area contributed by atoms with Gasteiger partial charge in [0.05, 0.1) is 12.2 Å². The van der Waals surface area contributed by atoms with E-state index >= 15 is 0 Å². The van der Waals surface area contributed by atoms with Crippen LogP contribution >= 0.6 is 0 Å². The Kier molecular flexibility index (Phi) is 7.46. The van der Waals surface area contributed by atoms with Crippen LogP contribution in [0.1, 0.15) is 79.8 Å². The maximum Gasteiger partial charge on any atom is 0.416 e. The zero-order chi connectivity index (χ0) is 32.1. The molecule has 2 aliphatic rings. The summed E-state index contributed by atoms with van der Waals surface area (Å²) in [6, 6.07) is 30.5. The predicted molar refractivity (Wildman–Crippen MR) is 179 cm³/mol. The molecule has 5 aromatic carbocycles. The van der Waals surface area contributed by atoms with Crippen LogP contribution in [0.4, 0.5) is 13.2 Å². The van der Waals surface area contributed by atoms with Gasteiger partial charge in [-0.1, -0.05) is 119 Å². The van der Waals surface area contributed by atoms with Gasteiger partial charge in [-0.3, -0.25) is 0 Å². The van der Waals surface area contributed by atoms with Gasteiger partial charge in [0.2, 0.25) is 0 Å². The molecule has 0 bridgehead atoms. The number of hydrogen-bond acceptors (Lipinski definition) is 2. The van der Waals surface area contributed by atoms with Crippen LogP contribution in [-0.4, -0.2) is 6.61 Å². The van der Waals surface area contributed by atoms with Crippen LogP contribution in [0.5, 0.6) is 11.5 Å². The fourth-order valence-corrected chi connectivity index (χ4v) is 7.29. The molecule has 0 fully saturated rings. The molecule has 1 aliphatic heterocycles. The molecule has 0 saturated carbocycles. The molecule has 0 radical (unpaired) electrons. The molecule has 5 heteroatoms. The first-order chi connectivity index (χ1) is 22.1. The molecule has 0 amide bonds. The van der Waals surface area contributed by atoms with Crippen LogP contribution in [-0.2, 0) is 17.2 Å². The number of hydrogen-bond donors (Lipinski definition) is 0. The van der Waals surface area contributed by atoms with Crippen LogP contribution in [0.2, 0.25) is 0 Å². The molecule has 5 aromatic rings. The molecular weight excluding hydrogens is 581 g/mol. The Bertz CT molecular complexity index is 1940. The van der Waals surface area contributed by atoms with E-state index in [2.05, 4.69) is 49.4 Å². The molecule has 0 spiro atoms. The number of fused-ring (bicyclic) bond motifs is 8. The molecular formula is C41H37F3O2. The van der Waals surface area contributed by atoms with Gasteiger partial charge in [0.15, 0.2) is 5.60 Å². The van der Waals surface area contributed by atoms with E-state index in [1.54, 1.807) is 6.07 Å². The Morgan fingerprint density at radius 2 is 1.46 bits per heavy atom. The fraction of sp³-hybridized carbons (Fsp3) is 0.268. The normalized spacial score (nSPS) is 17.7. The van der Waals surface area contributed by atoms with Crippen molar-refractivity contribution in [2.45, 2.75) is 63.6 Å². The van der Waals surface area contributed by atoms with E-state index in [0.29, 0.717) is 12.2 Å². The van der Waals surface area contributed by atoms with Gasteiger partial charge in [0, 0.05) is 27.5 Å². The van der Waals surface area contributed by atoms with Crippen molar-refractivity contribution in [1.82, 2.24) is 0 Å². The highest BCUT2D eigenvalue weighted by molar-refractivity contribution is 6.08. The van der Waals surface area contributed by atoms with E-state index < -0.39 is 22.8 Å². The fourth-order valence-electron chi connectivity index (χ4n) is 7.29. The van der Waals surface area contributed by atoms with E-state index in [1.165, 1.54) is 25.0 Å². The summed E-state index contributed by atoms with van der Waals surface area (Å²) in [6.45, 7) is 6.92. The Morgan fingerprint density at radius 3 is 2.17 bits per heavy atom. The van der Waals surface area contributed by atoms with Crippen LogP contribution in [0, 0.1) is 0 Å². The lowest BCUT2D eigenvalue weighted by Gasteiger charge is -2.38. The highest BCUT2D eigenvalue weighted by Crippen LogP contribution is 2.58. The molecule has 0 aromatic heterocycles. The van der Waals surface area contributed by atoms with Crippen molar-refractivity contribution in [1.29, 1.82) is 0 Å². The van der Waals surface area contributed by atoms with Crippen molar-refractivity contribution in [3.8, 4) is 22.6 Å². The Hall–Kier alpha value is -4.51. The standard InChI is InChI=1S/C41H37F3O2/c1-4-5-6-12-25-45-30-20-17-28(18-21-30)40(27-13-8-7-9-14-27)24-23-34-37-36(31-15-10-11-16-32(31)38(34)46-40)33-22-19-29(41(42,43)44)26-35(33)39(37,2)3/h7-11,13-24,26H,4-6,12,25H2,1-3H3. The smallest absolute Gasteiger partial charge is 0.416 e. The second-order valence-corrected chi connectivity index (χ2v) is 12.9. The molecule has 7 rings (SSSR count). The summed E-state index contributed by atoms with van der Waals surface area (Å²) < 4.78 is 54.9. The lowest BCUT2D eigenvalue weighted by atomic mass is 9.76. The van der Waals surface area contributed by atoms with E-state index in [0.717, 1.165) is 68.5 Å². The average molecular weight is 619 g/mol. The third-order valence-electron chi connectivity index (χ3n) is 9.62. The Morgan fingerprint density at radius 1 is 0.761 bits per heavy atom. The van der Waals surface area contributed by atoms with Crippen molar-refractivity contribution in [3.63, 3.8) is 0 Å². The molecule has 2 nitrogen and oxygen atoms in total. The number of benzene rings is 5. The highest BCUT2D eigenvalue weighted by atomic mass is 19.4. The summed E-state index contributed by atoms with van der Waals surface area (Å²) in [5.41, 5.74) is 4.08. The maximum atomic E-state index is 13.9. The van der Waals surface area contributed by atoms with E-state index in [9.17, 15) is 13.2 Å². The lowest BCUT2D eigenvalue weighted by molar-refractivity contribution is -0.137. The van der Waals surface area contributed by atoms with Gasteiger partial charge in [-0.25, -0.2) is 0 Å². The first kappa shape index (κ1) is 30.2. The first-order valence-corrected chi connectivity index (χ1v) is 16.1. The Labute approximate surface area is 268 Å². The van der Waals surface area contributed by atoms with Gasteiger partial charge in [-0.05, 0) is 64.4 Å². The minimum absolute atomic E-state index is 0.631. The second kappa shape index (κ2) is 11.4. The van der Waals surface area contributed by atoms with Crippen molar-refractivity contribution in [3.05, 3.63) is 137 Å². The number of rotatable bonds is 8. The molecule has 234 valence electrons. The van der Waals surface area contributed by atoms with Crippen LogP contribution in [0.25, 0.3) is 28.0 Å². The molecule has 46 heavy (non-hydrogen) atoms. The summed E-state index contributed by atoms with van der Waals surface area (Å²) in [6.07, 6.45) is 4.38. The maximum absolute atomic E-state index is 13.9. The predicted octanol–water partition coefficient (Wildman–Crippen LogP) is 11.5. The zero-order valence-corrected chi connectivity index (χ0v) is 26.4. The number of ether oxygens (including phenoxy) is 2. The SMILES string of the molecule is CCCCCCOc1ccc(C2(c3ccccc3)C=Cc3c4c(c5ccccc5c3O2)-c2ccc(C(F)(F)F)cc2C4(C)C)cc1. The monoisotopic (exact) mass is 618 g/mol. The summed E-state index contributed by atoms with van der Waals surface area (Å²) in [4.78, 5) is 0. The van der Waals surface area contributed by atoms with Gasteiger partial charge in [-0.2, -0.15) is 13.2 Å². The second-order valence-electron chi connectivity index (χ2n) is 12.9. The topological polar surface area (TPSA) is 18.5 Å². The lowest BCUT2D eigenvalue weighted by Crippen LogP contribution is -2.35. The largest absolute Gasteiger partial charge is 0.494 e. The zero-order valence-electron chi connectivity index (χ0n) is 26.4. The van der Waals surface area contributed by atoms with Crippen LogP contribution in [0.15, 0.2) is 103 Å². The van der Waals surface area contributed by atoms with Crippen molar-refractivity contribution in [2.75, 3.05) is 6.61 Å². The van der Waals surface area contributed by atoms with E-state index in [1.807, 2.05) is 62.4 Å². The van der Waals surface area contributed by atoms with Gasteiger partial charge < -0.3 is 9.47 Å². The van der Waals surface area contributed by atoms with Gasteiger partial charge >= 0.3 is 6.18 Å². The summed E-state index contributed by atoms with van der Waals surface area (Å²) in [7, 11) is 0. The third kappa shape index (κ3) is 4.88. The molecule has 1 heterocycles. The number of alkyl halides is 3. The first-order valence-electron chi connectivity index (χ1n) is 16.1. The summed E-state index contributed by atoms with van der Waals surface area (Å²) in [5, 5.41) is 1.89. The van der Waals surface area contributed by atoms with Crippen molar-refractivity contribution < 1.29 is 22.6 Å². The van der Waals surface area contributed by atoms with E-state index in [4.69, 9.17) is 9.47 Å². The number of unbranched alkanes of at least 4 members (excludes halogenated alkanes) is 3. The molecule has 1 aliphatic carbocycles. The van der Waals surface area contributed by atoms with E-state index in [-0.39, 0.29) is 0 Å². The average Bonchev–Trinajstić information content (AvgIpc) is 3.31. The Balaban J connectivity index is 1.37.